The Bertz CT molecular complexity index is 4800. The number of amides is 19. The molecular weight excluding hydrogens is 2530 g/mol. The number of fused-ring (bicyclic) bond motifs is 1. The van der Waals surface area contributed by atoms with Gasteiger partial charge in [-0.2, -0.15) is 0 Å². The Labute approximate surface area is 991 Å². The topological polar surface area (TPSA) is 675 Å². The molecule has 2 aromatic carbocycles. The number of rotatable bonds is 53. The number of benzene rings is 2. The number of nitrogens with one attached hydrogen (secondary N) is 20. The number of hydrogen-bond donors (Lipinski definition) is 22. The summed E-state index contributed by atoms with van der Waals surface area (Å²) in [6.45, 7) is 29.1. The van der Waals surface area contributed by atoms with Gasteiger partial charge in [-0.3, -0.25) is 86.5 Å². The molecule has 0 bridgehead atoms. The molecule has 6 rings (SSSR count). The molecule has 12 atom stereocenters. The van der Waals surface area contributed by atoms with Gasteiger partial charge >= 0.3 is 5.97 Å². The third kappa shape index (κ3) is 56.9. The van der Waals surface area contributed by atoms with Crippen molar-refractivity contribution < 1.29 is 271 Å². The van der Waals surface area contributed by atoms with E-state index in [1.165, 1.54) is 61.1 Å². The van der Waals surface area contributed by atoms with Gasteiger partial charge in [-0.25, -0.2) is 9.97 Å². The molecule has 2 saturated heterocycles. The second-order valence-corrected chi connectivity index (χ2v) is 37.5. The van der Waals surface area contributed by atoms with Crippen molar-refractivity contribution >= 4 is 140 Å². The molecule has 2 aliphatic heterocycles. The fourth-order valence-corrected chi connectivity index (χ4v) is 16.8. The van der Waals surface area contributed by atoms with Crippen LogP contribution in [-0.4, -0.2) is 352 Å². The summed E-state index contributed by atoms with van der Waals surface area (Å²) in [6, 6.07) is -0.656. The Morgan fingerprint density at radius 2 is 1.00 bits per heavy atom. The Hall–Kier alpha value is -8.58. The summed E-state index contributed by atoms with van der Waals surface area (Å²) in [4.78, 5) is 284. The zero-order chi connectivity index (χ0) is 106. The number of imidazole rings is 2. The number of aromatic hydroxyl groups is 1. The van der Waals surface area contributed by atoms with Crippen molar-refractivity contribution in [1.29, 1.82) is 0 Å². The maximum absolute atomic E-state index is 15.5. The van der Waals surface area contributed by atoms with Crippen molar-refractivity contribution in [2.45, 2.75) is 186 Å². The van der Waals surface area contributed by atoms with Gasteiger partial charge in [0, 0.05) is 306 Å². The maximum atomic E-state index is 15.5. The van der Waals surface area contributed by atoms with Gasteiger partial charge in [0.2, 0.25) is 88.6 Å². The van der Waals surface area contributed by atoms with E-state index in [0.29, 0.717) is 61.5 Å². The van der Waals surface area contributed by atoms with Gasteiger partial charge in [0.15, 0.2) is 0 Å². The molecule has 0 saturated carbocycles. The summed E-state index contributed by atoms with van der Waals surface area (Å²) in [5.41, 5.74) is 1.71. The molecule has 147 heavy (non-hydrogen) atoms. The number of H-pyrrole nitrogens is 2. The van der Waals surface area contributed by atoms with Gasteiger partial charge in [0.05, 0.1) is 82.1 Å². The predicted molar refractivity (Wildman–Crippen MR) is 527 cm³/mol. The van der Waals surface area contributed by atoms with E-state index in [1.54, 1.807) is 54.0 Å². The molecule has 0 radical (unpaired) electrons. The number of nitrogens with zero attached hydrogens (tertiary/aromatic N) is 5. The third-order valence-corrected chi connectivity index (χ3v) is 24.6. The zero-order valence-corrected chi connectivity index (χ0v) is 94.1. The maximum Gasteiger partial charge on any atom is 0.305 e. The van der Waals surface area contributed by atoms with Crippen LogP contribution in [0.5, 0.6) is 5.75 Å². The first-order chi connectivity index (χ1) is 67.9. The normalized spacial score (nSPS) is 17.1. The summed E-state index contributed by atoms with van der Waals surface area (Å²) < 4.78 is 5.42. The molecule has 2 aromatic heterocycles. The summed E-state index contributed by atoms with van der Waals surface area (Å²) in [5.74, 6) is -15.5. The zero-order valence-electron chi connectivity index (χ0n) is 83.4. The number of carboxylic acid groups (broad SMARTS) is 1. The van der Waals surface area contributed by atoms with Gasteiger partial charge in [0.25, 0.3) is 0 Å². The minimum absolute atomic E-state index is 0. The number of ether oxygens (including phenoxy) is 1. The van der Waals surface area contributed by atoms with Crippen LogP contribution in [0.15, 0.2) is 79.6 Å². The average Bonchev–Trinajstić information content (AvgIpc) is 1.70. The van der Waals surface area contributed by atoms with E-state index in [1.807, 2.05) is 34.6 Å². The molecule has 4 heterocycles. The van der Waals surface area contributed by atoms with Crippen LogP contribution < -0.4 is 95.7 Å². The monoisotopic (exact) mass is 2670 g/mol. The van der Waals surface area contributed by atoms with Crippen molar-refractivity contribution in [3.05, 3.63) is 130 Å². The second-order valence-electron chi connectivity index (χ2n) is 35.0. The molecule has 2 aliphatic rings. The largest absolute Gasteiger partial charge is 0.508 e. The first kappa shape index (κ1) is 136. The number of carbonyl (C=O) groups is 20. The first-order valence-corrected chi connectivity index (χ1v) is 49.5. The number of aliphatic carboxylic acids is 1. The predicted octanol–water partition coefficient (Wildman–Crippen LogP) is -5.13. The second kappa shape index (κ2) is 75.2. The molecule has 48 nitrogen and oxygen atoms in total. The minimum Gasteiger partial charge on any atom is -0.508 e. The van der Waals surface area contributed by atoms with Crippen LogP contribution in [0.4, 0.5) is 0 Å². The minimum atomic E-state index is -1.88. The molecule has 22 N–H and O–H groups in total. The van der Waals surface area contributed by atoms with Crippen LogP contribution in [0, 0.1) is 205 Å². The molecule has 19 amide bonds. The molecule has 0 aliphatic carbocycles. The average molecular weight is 2670 g/mol. The Balaban J connectivity index is 0.00000242. The Morgan fingerprint density at radius 1 is 0.510 bits per heavy atom. The molecule has 0 spiro atoms. The number of phenols is 1. The molecular formula is C93H139Gd4N25O23S2-4. The van der Waals surface area contributed by atoms with E-state index in [-0.39, 0.29) is 336 Å². The van der Waals surface area contributed by atoms with E-state index in [9.17, 15) is 96.5 Å². The van der Waals surface area contributed by atoms with Crippen molar-refractivity contribution in [1.82, 2.24) is 130 Å². The number of phenolic OH excluding ortho intramolecular Hbond substituents is 1. The SMILES string of the molecule is [CH2-]C(=O)NCCN(CCNC([CH2-])=O)CC(=O)NCC(=O)NCC(=O)N[C@@H](Cc1ccccc1)C(=O)N[C@@H](Cc1cnc[nH]1)C(=O)N[C@H]1CSSC[C@@H](C(=O)N[C@@H](Cc2cnc[nH]2)C(=O)N[C@H](C)C(C)CC)NC(=O)[C@H](CC(C)C)NC(=O)[C@H](CC(=O)O)NC(=O)[C@H](Cc2ccc(O)cc2)NC(=O)C2CCCN2C1=O.[CH2-]C(=O)NCCN(CCNC([CH2-])=O)CC(=O)NCCOCCNC(=O)[C@H](CC(C)C)NC(C)=O.[Gd].[Gd].[Gd].[Gd]. The van der Waals surface area contributed by atoms with Crippen LogP contribution in [0.2, 0.25) is 0 Å². The van der Waals surface area contributed by atoms with E-state index in [0.717, 1.165) is 21.6 Å². The summed E-state index contributed by atoms with van der Waals surface area (Å²) >= 11 is 0. The molecule has 4 aromatic rings. The van der Waals surface area contributed by atoms with Gasteiger partial charge in [-0.1, -0.05) is 112 Å². The Morgan fingerprint density at radius 3 is 1.52 bits per heavy atom. The molecule has 2 unspecified atom stereocenters. The third-order valence-electron chi connectivity index (χ3n) is 22.2. The summed E-state index contributed by atoms with van der Waals surface area (Å²) in [6.07, 6.45) is 5.08. The van der Waals surface area contributed by atoms with Crippen LogP contribution in [-0.2, 0) is 126 Å². The van der Waals surface area contributed by atoms with Crippen LogP contribution in [0.25, 0.3) is 0 Å². The molecule has 2 fully saturated rings. The van der Waals surface area contributed by atoms with Crippen molar-refractivity contribution in [3.8, 4) is 5.75 Å². The smallest absolute Gasteiger partial charge is 0.305 e. The van der Waals surface area contributed by atoms with Crippen LogP contribution >= 0.6 is 21.6 Å². The van der Waals surface area contributed by atoms with Gasteiger partial charge in [-0.15, -0.1) is 0 Å². The van der Waals surface area contributed by atoms with Gasteiger partial charge < -0.3 is 172 Å². The van der Waals surface area contributed by atoms with E-state index in [4.69, 9.17) is 4.74 Å². The van der Waals surface area contributed by atoms with Crippen molar-refractivity contribution in [3.63, 3.8) is 0 Å². The van der Waals surface area contributed by atoms with Crippen LogP contribution in [0.3, 0.4) is 0 Å². The summed E-state index contributed by atoms with van der Waals surface area (Å²) in [5, 5.41) is 67.6. The first-order valence-electron chi connectivity index (χ1n) is 47.0. The quantitative estimate of drug-likeness (QED) is 0.0112. The fourth-order valence-electron chi connectivity index (χ4n) is 14.5. The van der Waals surface area contributed by atoms with E-state index < -0.39 is 180 Å². The number of hydrogen-bond acceptors (Lipinski definition) is 28. The number of carbonyl (C=O) groups excluding carboxylic acids is 19. The molecule has 54 heteroatoms. The van der Waals surface area contributed by atoms with Crippen LogP contribution in [0.1, 0.15) is 116 Å². The Kier molecular flexibility index (Phi) is 69.8. The summed E-state index contributed by atoms with van der Waals surface area (Å²) in [7, 11) is 1.89. The number of aromatic amines is 2. The van der Waals surface area contributed by atoms with Gasteiger partial charge in [-0.05, 0) is 73.6 Å². The number of aromatic nitrogens is 4. The van der Waals surface area contributed by atoms with Crippen molar-refractivity contribution in [2.24, 2.45) is 17.8 Å². The van der Waals surface area contributed by atoms with E-state index >= 15 is 9.59 Å². The van der Waals surface area contributed by atoms with E-state index in [2.05, 4.69) is 143 Å². The fraction of sp³-hybridized carbons (Fsp3) is 0.548. The standard InChI is InChI=1S/C71H99N19O17S2.C22H40N6O6.4Gd/c1-8-41(4)42(5)80-63(99)53(28-47-31-72-38-78-47)84-69(105)56-36-108-109-37-57(71(107)90-22-12-15-58(90)70(106)86-52(27-46-16-18-49(93)19-17-46)66(102)85-55(30-62(97)98)68(104)82-50(25-40(2)3)64(100)87-56)88-67(103)54(29-48-32-73-39-79-48)83-65(101)51(26-45-13-10-9-11-14-45)81-60(95)34-76-59(94)33-77-61(96)35-89(23-20-74-43(6)91)24-21-75-44(7)92;1-16(2)14-20(27-19(5)31)22(33)26-9-13-34-12-8-25-21(32)15-28(10-6-23-17(3)29)11-7-24-18(4)30;;;;/h9-11,13-14,16-19,31-32,38-42,50-58,93H,6-8,12,15,20-30,33-37H2,1-5H3,(H,72,78)(H,73,79)(H,74,91)(H,75,92)(H,76,94)(H,77,96)(H,80,99)(H,81,95)(H,82,104)(H,83,101)(H,84,105)(H,85,102)(H,86,106)(H,87,100)(H,88,103)(H,97,98);16,20H,3-4,6-15H2,1-2,5H3,(H,23,29)(H,24,30)(H,25,32)(H,26,33)(H,27,31);;;;/q2*-2;;;;/t41?,42-,50+,51+,52+,53+,54+,55+,56+,57+,58?;20-;;;;/m10..../s1. The molecule has 822 valence electrons. The van der Waals surface area contributed by atoms with Gasteiger partial charge in [0.1, 0.15) is 66.2 Å². The van der Waals surface area contributed by atoms with Crippen molar-refractivity contribution in [2.75, 3.05) is 123 Å². The number of carboxylic acids is 1.